The molecule has 0 aliphatic carbocycles. The number of ketones is 1. The fourth-order valence-corrected chi connectivity index (χ4v) is 0.949. The first-order valence-corrected chi connectivity index (χ1v) is 5.26. The third-order valence-corrected chi connectivity index (χ3v) is 2.00. The summed E-state index contributed by atoms with van der Waals surface area (Å²) < 4.78 is 4.80. The largest absolute Gasteiger partial charge is 0.497 e. The molecule has 1 rings (SSSR count). The Hall–Kier alpha value is -1.25. The van der Waals surface area contributed by atoms with E-state index in [-0.39, 0.29) is 0 Å². The number of Topliss-reactive ketones (excluding diaryl/α,β-unsaturated/α-hetero) is 1. The summed E-state index contributed by atoms with van der Waals surface area (Å²) in [6.45, 7) is -0.955. The van der Waals surface area contributed by atoms with Crippen LogP contribution in [0, 0.1) is 0 Å². The first-order valence-electron chi connectivity index (χ1n) is 5.26. The standard InChI is InChI=1S/C6H12O6.C5H6O/c7-1-3(9)5(11)6(12)4(10)2-8;1-2-4-6-5-3-1/h3,5-9,11-12H,1-2H2;1-4H,5H2. The highest BCUT2D eigenvalue weighted by Gasteiger charge is 2.28. The molecule has 0 aromatic heterocycles. The normalized spacial score (nSPS) is 18.1. The molecule has 7 heteroatoms. The zero-order chi connectivity index (χ0) is 14.0. The predicted molar refractivity (Wildman–Crippen MR) is 61.4 cm³/mol. The lowest BCUT2D eigenvalue weighted by molar-refractivity contribution is -0.142. The molecule has 0 fully saturated rings. The summed E-state index contributed by atoms with van der Waals surface area (Å²) in [7, 11) is 0. The van der Waals surface area contributed by atoms with Crippen molar-refractivity contribution in [1.82, 2.24) is 0 Å². The molecule has 0 saturated carbocycles. The van der Waals surface area contributed by atoms with Gasteiger partial charge in [-0.1, -0.05) is 6.08 Å². The average Bonchev–Trinajstić information content (AvgIpc) is 2.46. The Morgan fingerprint density at radius 2 is 1.89 bits per heavy atom. The van der Waals surface area contributed by atoms with Crippen molar-refractivity contribution >= 4 is 5.78 Å². The van der Waals surface area contributed by atoms with E-state index in [1.165, 1.54) is 0 Å². The third kappa shape index (κ3) is 6.48. The van der Waals surface area contributed by atoms with E-state index in [2.05, 4.69) is 0 Å². The highest BCUT2D eigenvalue weighted by Crippen LogP contribution is 2.00. The van der Waals surface area contributed by atoms with Crippen LogP contribution in [0.2, 0.25) is 0 Å². The van der Waals surface area contributed by atoms with Crippen LogP contribution < -0.4 is 0 Å². The number of aliphatic hydroxyl groups excluding tert-OH is 5. The predicted octanol–water partition coefficient (Wildman–Crippen LogP) is -2.29. The monoisotopic (exact) mass is 262 g/mol. The summed E-state index contributed by atoms with van der Waals surface area (Å²) in [5.41, 5.74) is 0. The van der Waals surface area contributed by atoms with Gasteiger partial charge in [-0.25, -0.2) is 0 Å². The van der Waals surface area contributed by atoms with Crippen LogP contribution in [0.4, 0.5) is 0 Å². The highest BCUT2D eigenvalue weighted by atomic mass is 16.5. The van der Waals surface area contributed by atoms with Crippen molar-refractivity contribution in [2.24, 2.45) is 0 Å². The number of carbonyl (C=O) groups excluding carboxylic acids is 1. The number of aliphatic hydroxyl groups is 5. The van der Waals surface area contributed by atoms with Crippen molar-refractivity contribution in [3.05, 3.63) is 24.5 Å². The SMILES string of the molecule is C1=CCOC=C1.O=C(CO)C(O)C(O)C(O)CO. The zero-order valence-corrected chi connectivity index (χ0v) is 9.72. The minimum absolute atomic E-state index is 0.733. The molecule has 0 bridgehead atoms. The summed E-state index contributed by atoms with van der Waals surface area (Å²) in [5.74, 6) is -1.00. The first kappa shape index (κ1) is 16.8. The Balaban J connectivity index is 0.000000397. The lowest BCUT2D eigenvalue weighted by atomic mass is 10.1. The molecule has 3 atom stereocenters. The van der Waals surface area contributed by atoms with Crippen LogP contribution in [0.5, 0.6) is 0 Å². The molecule has 0 aromatic carbocycles. The summed E-state index contributed by atoms with van der Waals surface area (Å²) in [6.07, 6.45) is 2.25. The summed E-state index contributed by atoms with van der Waals surface area (Å²) in [5, 5.41) is 43.1. The maximum absolute atomic E-state index is 10.5. The van der Waals surface area contributed by atoms with E-state index in [9.17, 15) is 4.79 Å². The molecule has 7 nitrogen and oxygen atoms in total. The molecule has 0 radical (unpaired) electrons. The third-order valence-electron chi connectivity index (χ3n) is 2.00. The van der Waals surface area contributed by atoms with Crippen molar-refractivity contribution in [2.45, 2.75) is 18.3 Å². The number of rotatable bonds is 5. The number of hydrogen-bond donors (Lipinski definition) is 5. The summed E-state index contributed by atoms with van der Waals surface area (Å²) in [6, 6.07) is 0. The molecule has 0 spiro atoms. The molecule has 1 heterocycles. The minimum Gasteiger partial charge on any atom is -0.497 e. The van der Waals surface area contributed by atoms with Gasteiger partial charge in [-0.3, -0.25) is 4.79 Å². The van der Waals surface area contributed by atoms with Gasteiger partial charge in [0.25, 0.3) is 0 Å². The van der Waals surface area contributed by atoms with Crippen molar-refractivity contribution in [1.29, 1.82) is 0 Å². The molecule has 104 valence electrons. The van der Waals surface area contributed by atoms with Gasteiger partial charge in [0, 0.05) is 0 Å². The van der Waals surface area contributed by atoms with Crippen LogP contribution in [-0.4, -0.2) is 69.4 Å². The highest BCUT2D eigenvalue weighted by molar-refractivity contribution is 5.84. The maximum Gasteiger partial charge on any atom is 0.189 e. The van der Waals surface area contributed by atoms with Gasteiger partial charge in [0.15, 0.2) is 5.78 Å². The van der Waals surface area contributed by atoms with Crippen molar-refractivity contribution in [3.8, 4) is 0 Å². The fourth-order valence-electron chi connectivity index (χ4n) is 0.949. The number of carbonyl (C=O) groups is 1. The van der Waals surface area contributed by atoms with Gasteiger partial charge >= 0.3 is 0 Å². The van der Waals surface area contributed by atoms with Crippen LogP contribution in [0.15, 0.2) is 24.5 Å². The molecule has 1 aliphatic heterocycles. The van der Waals surface area contributed by atoms with Crippen molar-refractivity contribution < 1.29 is 35.1 Å². The van der Waals surface area contributed by atoms with E-state index in [1.54, 1.807) is 6.26 Å². The van der Waals surface area contributed by atoms with E-state index in [1.807, 2.05) is 18.2 Å². The van der Waals surface area contributed by atoms with Crippen molar-refractivity contribution in [2.75, 3.05) is 19.8 Å². The van der Waals surface area contributed by atoms with Gasteiger partial charge < -0.3 is 30.3 Å². The molecule has 0 saturated heterocycles. The molecule has 0 aromatic rings. The maximum atomic E-state index is 10.5. The summed E-state index contributed by atoms with van der Waals surface area (Å²) in [4.78, 5) is 10.5. The second-order valence-electron chi connectivity index (χ2n) is 3.40. The Bertz CT molecular complexity index is 275. The topological polar surface area (TPSA) is 127 Å². The molecular formula is C11H18O7. The van der Waals surface area contributed by atoms with Crippen LogP contribution >= 0.6 is 0 Å². The van der Waals surface area contributed by atoms with Crippen LogP contribution in [0.25, 0.3) is 0 Å². The molecule has 18 heavy (non-hydrogen) atoms. The van der Waals surface area contributed by atoms with E-state index in [0.29, 0.717) is 0 Å². The molecular weight excluding hydrogens is 244 g/mol. The number of ether oxygens (including phenoxy) is 1. The Kier molecular flexibility index (Phi) is 9.07. The average molecular weight is 262 g/mol. The summed E-state index contributed by atoms with van der Waals surface area (Å²) >= 11 is 0. The van der Waals surface area contributed by atoms with Gasteiger partial charge in [0.2, 0.25) is 0 Å². The van der Waals surface area contributed by atoms with E-state index in [4.69, 9.17) is 30.3 Å². The number of allylic oxidation sites excluding steroid dienone is 2. The van der Waals surface area contributed by atoms with E-state index < -0.39 is 37.3 Å². The van der Waals surface area contributed by atoms with Crippen molar-refractivity contribution in [3.63, 3.8) is 0 Å². The first-order chi connectivity index (χ1) is 8.54. The molecule has 3 unspecified atom stereocenters. The second-order valence-corrected chi connectivity index (χ2v) is 3.40. The molecule has 5 N–H and O–H groups in total. The smallest absolute Gasteiger partial charge is 0.189 e. The van der Waals surface area contributed by atoms with Gasteiger partial charge in [-0.2, -0.15) is 0 Å². The number of hydrogen-bond acceptors (Lipinski definition) is 7. The quantitative estimate of drug-likeness (QED) is 0.377. The lowest BCUT2D eigenvalue weighted by Crippen LogP contribution is -2.44. The Morgan fingerprint density at radius 1 is 1.22 bits per heavy atom. The fraction of sp³-hybridized carbons (Fsp3) is 0.545. The second kappa shape index (κ2) is 9.75. The van der Waals surface area contributed by atoms with E-state index >= 15 is 0 Å². The Morgan fingerprint density at radius 3 is 2.17 bits per heavy atom. The van der Waals surface area contributed by atoms with Gasteiger partial charge in [-0.15, -0.1) is 0 Å². The van der Waals surface area contributed by atoms with Crippen LogP contribution in [0.3, 0.4) is 0 Å². The lowest BCUT2D eigenvalue weighted by Gasteiger charge is -2.19. The molecule has 0 amide bonds. The Labute approximate surface area is 104 Å². The zero-order valence-electron chi connectivity index (χ0n) is 9.72. The van der Waals surface area contributed by atoms with E-state index in [0.717, 1.165) is 6.61 Å². The van der Waals surface area contributed by atoms with Crippen LogP contribution in [0.1, 0.15) is 0 Å². The molecule has 1 aliphatic rings. The van der Waals surface area contributed by atoms with Gasteiger partial charge in [0.1, 0.15) is 31.5 Å². The van der Waals surface area contributed by atoms with Crippen LogP contribution in [-0.2, 0) is 9.53 Å². The van der Waals surface area contributed by atoms with Gasteiger partial charge in [0.05, 0.1) is 12.9 Å². The van der Waals surface area contributed by atoms with Gasteiger partial charge in [-0.05, 0) is 12.2 Å². The minimum atomic E-state index is -1.86.